The number of hydrogen-bond donors (Lipinski definition) is 1. The summed E-state index contributed by atoms with van der Waals surface area (Å²) in [5, 5.41) is 7.76. The van der Waals surface area contributed by atoms with E-state index in [9.17, 15) is 0 Å². The second-order valence-corrected chi connectivity index (χ2v) is 5.09. The first-order chi connectivity index (χ1) is 10.3. The van der Waals surface area contributed by atoms with Crippen LogP contribution in [0.25, 0.3) is 0 Å². The number of rotatable bonds is 6. The lowest BCUT2D eigenvalue weighted by Crippen LogP contribution is -2.24. The van der Waals surface area contributed by atoms with E-state index in [1.807, 2.05) is 54.5 Å². The molecule has 2 aromatic heterocycles. The quantitative estimate of drug-likeness (QED) is 0.755. The molecule has 3 rings (SSSR count). The van der Waals surface area contributed by atoms with Crippen molar-refractivity contribution in [3.63, 3.8) is 0 Å². The molecule has 1 atom stereocenters. The monoisotopic (exact) mass is 281 g/mol. The van der Waals surface area contributed by atoms with Gasteiger partial charge in [0.15, 0.2) is 0 Å². The molecule has 0 spiro atoms. The summed E-state index contributed by atoms with van der Waals surface area (Å²) >= 11 is 0. The number of nitrogens with one attached hydrogen (secondary N) is 1. The van der Waals surface area contributed by atoms with Gasteiger partial charge in [-0.25, -0.2) is 0 Å². The summed E-state index contributed by atoms with van der Waals surface area (Å²) in [5.41, 5.74) is 2.44. The lowest BCUT2D eigenvalue weighted by atomic mass is 10.0. The van der Waals surface area contributed by atoms with Crippen LogP contribution in [0, 0.1) is 0 Å². The fraction of sp³-hybridized carbons (Fsp3) is 0.235. The molecule has 1 N–H and O–H groups in total. The van der Waals surface area contributed by atoms with Gasteiger partial charge in [0.25, 0.3) is 0 Å². The average molecular weight is 281 g/mol. The molecule has 3 aromatic rings. The standard InChI is InChI=1S/C17H19N3O/c1-20-13-14(12-19-20)9-10-18-17(16-8-5-11-21-16)15-6-3-2-4-7-15/h2-8,11-13,17-18H,9-10H2,1H3. The Kier molecular flexibility index (Phi) is 4.17. The predicted molar refractivity (Wildman–Crippen MR) is 81.9 cm³/mol. The molecule has 0 saturated carbocycles. The third-order valence-corrected chi connectivity index (χ3v) is 3.48. The van der Waals surface area contributed by atoms with E-state index < -0.39 is 0 Å². The third kappa shape index (κ3) is 3.41. The summed E-state index contributed by atoms with van der Waals surface area (Å²) in [5.74, 6) is 0.937. The van der Waals surface area contributed by atoms with E-state index in [-0.39, 0.29) is 6.04 Å². The van der Waals surface area contributed by atoms with Gasteiger partial charge in [0, 0.05) is 19.8 Å². The topological polar surface area (TPSA) is 43.0 Å². The van der Waals surface area contributed by atoms with Crippen molar-refractivity contribution >= 4 is 0 Å². The zero-order chi connectivity index (χ0) is 14.5. The normalized spacial score (nSPS) is 12.4. The number of aromatic nitrogens is 2. The van der Waals surface area contributed by atoms with Gasteiger partial charge in [0.2, 0.25) is 0 Å². The van der Waals surface area contributed by atoms with Crippen LogP contribution in [0.3, 0.4) is 0 Å². The fourth-order valence-electron chi connectivity index (χ4n) is 2.45. The van der Waals surface area contributed by atoms with Crippen LogP contribution in [0.15, 0.2) is 65.5 Å². The van der Waals surface area contributed by atoms with Crippen LogP contribution in [0.5, 0.6) is 0 Å². The van der Waals surface area contributed by atoms with Gasteiger partial charge in [-0.1, -0.05) is 30.3 Å². The Labute approximate surface area is 124 Å². The number of hydrogen-bond acceptors (Lipinski definition) is 3. The Bertz CT molecular complexity index is 658. The maximum atomic E-state index is 5.58. The molecule has 108 valence electrons. The molecular weight excluding hydrogens is 262 g/mol. The van der Waals surface area contributed by atoms with Gasteiger partial charge in [0.1, 0.15) is 5.76 Å². The summed E-state index contributed by atoms with van der Waals surface area (Å²) in [6.07, 6.45) is 6.62. The van der Waals surface area contributed by atoms with Crippen LogP contribution in [0.1, 0.15) is 22.9 Å². The SMILES string of the molecule is Cn1cc(CCNC(c2ccccc2)c2ccco2)cn1. The van der Waals surface area contributed by atoms with Gasteiger partial charge in [-0.05, 0) is 29.7 Å². The second-order valence-electron chi connectivity index (χ2n) is 5.09. The van der Waals surface area contributed by atoms with Crippen molar-refractivity contribution in [1.82, 2.24) is 15.1 Å². The van der Waals surface area contributed by atoms with Crippen molar-refractivity contribution in [2.75, 3.05) is 6.54 Å². The van der Waals surface area contributed by atoms with Crippen LogP contribution in [-0.4, -0.2) is 16.3 Å². The number of benzene rings is 1. The Morgan fingerprint density at radius 1 is 1.19 bits per heavy atom. The molecule has 0 saturated heterocycles. The van der Waals surface area contributed by atoms with Crippen molar-refractivity contribution in [2.45, 2.75) is 12.5 Å². The lowest BCUT2D eigenvalue weighted by molar-refractivity contribution is 0.448. The van der Waals surface area contributed by atoms with Gasteiger partial charge in [-0.3, -0.25) is 4.68 Å². The fourth-order valence-corrected chi connectivity index (χ4v) is 2.45. The van der Waals surface area contributed by atoms with Crippen LogP contribution in [0.4, 0.5) is 0 Å². The molecule has 0 aliphatic heterocycles. The van der Waals surface area contributed by atoms with E-state index >= 15 is 0 Å². The van der Waals surface area contributed by atoms with E-state index in [1.54, 1.807) is 6.26 Å². The summed E-state index contributed by atoms with van der Waals surface area (Å²) in [4.78, 5) is 0. The highest BCUT2D eigenvalue weighted by Crippen LogP contribution is 2.22. The van der Waals surface area contributed by atoms with Crippen LogP contribution in [-0.2, 0) is 13.5 Å². The smallest absolute Gasteiger partial charge is 0.125 e. The number of furan rings is 1. The molecule has 4 nitrogen and oxygen atoms in total. The highest BCUT2D eigenvalue weighted by molar-refractivity contribution is 5.26. The van der Waals surface area contributed by atoms with Crippen molar-refractivity contribution in [3.05, 3.63) is 78.0 Å². The van der Waals surface area contributed by atoms with Crippen LogP contribution >= 0.6 is 0 Å². The molecule has 0 fully saturated rings. The van der Waals surface area contributed by atoms with E-state index in [0.717, 1.165) is 18.7 Å². The van der Waals surface area contributed by atoms with E-state index in [1.165, 1.54) is 11.1 Å². The van der Waals surface area contributed by atoms with Gasteiger partial charge in [0.05, 0.1) is 18.5 Å². The zero-order valence-corrected chi connectivity index (χ0v) is 12.1. The first kappa shape index (κ1) is 13.6. The van der Waals surface area contributed by atoms with E-state index in [4.69, 9.17) is 4.42 Å². The Hall–Kier alpha value is -2.33. The average Bonchev–Trinajstić information content (AvgIpc) is 3.16. The van der Waals surface area contributed by atoms with Crippen LogP contribution < -0.4 is 5.32 Å². The molecule has 21 heavy (non-hydrogen) atoms. The highest BCUT2D eigenvalue weighted by atomic mass is 16.3. The van der Waals surface area contributed by atoms with Crippen molar-refractivity contribution < 1.29 is 4.42 Å². The molecular formula is C17H19N3O. The number of aryl methyl sites for hydroxylation is 1. The molecule has 4 heteroatoms. The lowest BCUT2D eigenvalue weighted by Gasteiger charge is -2.17. The predicted octanol–water partition coefficient (Wildman–Crippen LogP) is 2.93. The zero-order valence-electron chi connectivity index (χ0n) is 12.1. The summed E-state index contributed by atoms with van der Waals surface area (Å²) in [6.45, 7) is 0.867. The van der Waals surface area contributed by atoms with Gasteiger partial charge in [-0.2, -0.15) is 5.10 Å². The minimum atomic E-state index is 0.0814. The van der Waals surface area contributed by atoms with Gasteiger partial charge >= 0.3 is 0 Å². The van der Waals surface area contributed by atoms with Gasteiger partial charge in [-0.15, -0.1) is 0 Å². The largest absolute Gasteiger partial charge is 0.467 e. The Balaban J connectivity index is 1.68. The van der Waals surface area contributed by atoms with E-state index in [2.05, 4.69) is 22.5 Å². The molecule has 0 amide bonds. The second kappa shape index (κ2) is 6.41. The van der Waals surface area contributed by atoms with Gasteiger partial charge < -0.3 is 9.73 Å². The van der Waals surface area contributed by atoms with Crippen LogP contribution in [0.2, 0.25) is 0 Å². The summed E-state index contributed by atoms with van der Waals surface area (Å²) < 4.78 is 7.41. The Morgan fingerprint density at radius 3 is 2.71 bits per heavy atom. The third-order valence-electron chi connectivity index (χ3n) is 3.48. The molecule has 0 aliphatic rings. The molecule has 0 radical (unpaired) electrons. The molecule has 0 aliphatic carbocycles. The highest BCUT2D eigenvalue weighted by Gasteiger charge is 2.15. The minimum absolute atomic E-state index is 0.0814. The van der Waals surface area contributed by atoms with Crippen molar-refractivity contribution in [3.8, 4) is 0 Å². The maximum Gasteiger partial charge on any atom is 0.125 e. The molecule has 2 heterocycles. The minimum Gasteiger partial charge on any atom is -0.467 e. The number of nitrogens with zero attached hydrogens (tertiary/aromatic N) is 2. The summed E-state index contributed by atoms with van der Waals surface area (Å²) in [7, 11) is 1.94. The van der Waals surface area contributed by atoms with Crippen molar-refractivity contribution in [2.24, 2.45) is 7.05 Å². The molecule has 0 bridgehead atoms. The molecule has 1 aromatic carbocycles. The first-order valence-corrected chi connectivity index (χ1v) is 7.12. The first-order valence-electron chi connectivity index (χ1n) is 7.12. The van der Waals surface area contributed by atoms with E-state index in [0.29, 0.717) is 0 Å². The Morgan fingerprint density at radius 2 is 2.05 bits per heavy atom. The maximum absolute atomic E-state index is 5.58. The molecule has 1 unspecified atom stereocenters. The van der Waals surface area contributed by atoms with Crippen molar-refractivity contribution in [1.29, 1.82) is 0 Å². The summed E-state index contributed by atoms with van der Waals surface area (Å²) in [6, 6.07) is 14.4.